The number of anilines is 2. The molecule has 0 atom stereocenters. The Hall–Kier alpha value is -1.71. The van der Waals surface area contributed by atoms with E-state index in [2.05, 4.69) is 12.2 Å². The van der Waals surface area contributed by atoms with E-state index in [1.165, 1.54) is 25.7 Å². The van der Waals surface area contributed by atoms with E-state index < -0.39 is 5.91 Å². The summed E-state index contributed by atoms with van der Waals surface area (Å²) in [5.74, 6) is -0.417. The Labute approximate surface area is 114 Å². The largest absolute Gasteiger partial charge is 0.399 e. The zero-order chi connectivity index (χ0) is 13.9. The predicted molar refractivity (Wildman–Crippen MR) is 79.1 cm³/mol. The molecule has 0 spiro atoms. The lowest BCUT2D eigenvalue weighted by Gasteiger charge is -2.28. The summed E-state index contributed by atoms with van der Waals surface area (Å²) in [5, 5.41) is 3.39. The standard InChI is InChI=1S/C15H23N3O/c1-2-15(7-3-4-8-15)10-18-13-9-11(16)5-6-12(13)14(17)19/h5-6,9,18H,2-4,7-8,10,16H2,1H3,(H2,17,19). The van der Waals surface area contributed by atoms with Crippen molar-refractivity contribution in [3.63, 3.8) is 0 Å². The molecule has 1 aromatic carbocycles. The monoisotopic (exact) mass is 261 g/mol. The fourth-order valence-corrected chi connectivity index (χ4v) is 2.99. The number of hydrogen-bond donors (Lipinski definition) is 3. The van der Waals surface area contributed by atoms with Crippen LogP contribution in [0.2, 0.25) is 0 Å². The zero-order valence-corrected chi connectivity index (χ0v) is 11.5. The van der Waals surface area contributed by atoms with Gasteiger partial charge in [0.1, 0.15) is 0 Å². The zero-order valence-electron chi connectivity index (χ0n) is 11.5. The lowest BCUT2D eigenvalue weighted by Crippen LogP contribution is -2.27. The van der Waals surface area contributed by atoms with E-state index in [0.717, 1.165) is 18.7 Å². The van der Waals surface area contributed by atoms with Gasteiger partial charge in [-0.1, -0.05) is 19.8 Å². The molecule has 1 aliphatic rings. The Morgan fingerprint density at radius 2 is 2.05 bits per heavy atom. The van der Waals surface area contributed by atoms with Crippen LogP contribution in [0.4, 0.5) is 11.4 Å². The highest BCUT2D eigenvalue weighted by Gasteiger charge is 2.31. The first-order chi connectivity index (χ1) is 9.06. The third-order valence-corrected chi connectivity index (χ3v) is 4.38. The summed E-state index contributed by atoms with van der Waals surface area (Å²) in [6.45, 7) is 3.12. The summed E-state index contributed by atoms with van der Waals surface area (Å²) in [6, 6.07) is 5.18. The highest BCUT2D eigenvalue weighted by Crippen LogP contribution is 2.41. The molecule has 2 rings (SSSR count). The molecule has 1 saturated carbocycles. The van der Waals surface area contributed by atoms with Crippen molar-refractivity contribution >= 4 is 17.3 Å². The highest BCUT2D eigenvalue weighted by atomic mass is 16.1. The Kier molecular flexibility index (Phi) is 3.98. The fraction of sp³-hybridized carbons (Fsp3) is 0.533. The first-order valence-electron chi connectivity index (χ1n) is 6.99. The molecule has 1 aliphatic carbocycles. The molecular weight excluding hydrogens is 238 g/mol. The number of primary amides is 1. The number of nitrogens with one attached hydrogen (secondary N) is 1. The number of nitrogens with two attached hydrogens (primary N) is 2. The normalized spacial score (nSPS) is 17.3. The molecule has 0 heterocycles. The molecule has 1 amide bonds. The van der Waals surface area contributed by atoms with Gasteiger partial charge in [0.15, 0.2) is 0 Å². The van der Waals surface area contributed by atoms with Crippen LogP contribution in [0.15, 0.2) is 18.2 Å². The number of carbonyl (C=O) groups is 1. The minimum Gasteiger partial charge on any atom is -0.399 e. The quantitative estimate of drug-likeness (QED) is 0.713. The van der Waals surface area contributed by atoms with E-state index >= 15 is 0 Å². The summed E-state index contributed by atoms with van der Waals surface area (Å²) in [5.41, 5.74) is 13.5. The van der Waals surface area contributed by atoms with Crippen LogP contribution in [0.1, 0.15) is 49.4 Å². The average Bonchev–Trinajstić information content (AvgIpc) is 2.85. The van der Waals surface area contributed by atoms with Gasteiger partial charge in [0, 0.05) is 17.9 Å². The second-order valence-electron chi connectivity index (χ2n) is 5.58. The Balaban J connectivity index is 2.14. The van der Waals surface area contributed by atoms with Gasteiger partial charge in [-0.15, -0.1) is 0 Å². The summed E-state index contributed by atoms with van der Waals surface area (Å²) in [6.07, 6.45) is 6.27. The molecule has 0 bridgehead atoms. The number of amides is 1. The first-order valence-corrected chi connectivity index (χ1v) is 6.99. The molecule has 1 aromatic rings. The van der Waals surface area contributed by atoms with Crippen LogP contribution in [0.25, 0.3) is 0 Å². The summed E-state index contributed by atoms with van der Waals surface area (Å²) in [7, 11) is 0. The molecule has 4 heteroatoms. The van der Waals surface area contributed by atoms with Gasteiger partial charge >= 0.3 is 0 Å². The molecule has 0 saturated heterocycles. The molecule has 1 fully saturated rings. The molecule has 0 aromatic heterocycles. The van der Waals surface area contributed by atoms with Crippen molar-refractivity contribution < 1.29 is 4.79 Å². The van der Waals surface area contributed by atoms with Gasteiger partial charge in [-0.2, -0.15) is 0 Å². The van der Waals surface area contributed by atoms with Gasteiger partial charge in [0.05, 0.1) is 5.56 Å². The molecule has 19 heavy (non-hydrogen) atoms. The number of hydrogen-bond acceptors (Lipinski definition) is 3. The molecule has 0 radical (unpaired) electrons. The van der Waals surface area contributed by atoms with Crippen LogP contribution < -0.4 is 16.8 Å². The molecule has 0 unspecified atom stereocenters. The van der Waals surface area contributed by atoms with Crippen molar-refractivity contribution in [2.75, 3.05) is 17.6 Å². The van der Waals surface area contributed by atoms with Gasteiger partial charge in [0.25, 0.3) is 5.91 Å². The van der Waals surface area contributed by atoms with Gasteiger partial charge < -0.3 is 16.8 Å². The topological polar surface area (TPSA) is 81.1 Å². The fourth-order valence-electron chi connectivity index (χ4n) is 2.99. The SMILES string of the molecule is CCC1(CNc2cc(N)ccc2C(N)=O)CCCC1. The third kappa shape index (κ3) is 3.00. The van der Waals surface area contributed by atoms with Crippen LogP contribution in [0, 0.1) is 5.41 Å². The molecular formula is C15H23N3O. The average molecular weight is 261 g/mol. The molecule has 0 aliphatic heterocycles. The molecule has 4 nitrogen and oxygen atoms in total. The van der Waals surface area contributed by atoms with Crippen molar-refractivity contribution in [2.45, 2.75) is 39.0 Å². The van der Waals surface area contributed by atoms with Crippen molar-refractivity contribution in [1.82, 2.24) is 0 Å². The Morgan fingerprint density at radius 1 is 1.37 bits per heavy atom. The van der Waals surface area contributed by atoms with Crippen molar-refractivity contribution in [2.24, 2.45) is 11.1 Å². The smallest absolute Gasteiger partial charge is 0.250 e. The van der Waals surface area contributed by atoms with Gasteiger partial charge in [0.2, 0.25) is 0 Å². The van der Waals surface area contributed by atoms with Crippen LogP contribution in [0.5, 0.6) is 0 Å². The van der Waals surface area contributed by atoms with Crippen molar-refractivity contribution in [3.8, 4) is 0 Å². The summed E-state index contributed by atoms with van der Waals surface area (Å²) >= 11 is 0. The van der Waals surface area contributed by atoms with Crippen LogP contribution >= 0.6 is 0 Å². The summed E-state index contributed by atoms with van der Waals surface area (Å²) < 4.78 is 0. The number of carbonyl (C=O) groups excluding carboxylic acids is 1. The van der Waals surface area contributed by atoms with E-state index in [1.807, 2.05) is 0 Å². The molecule has 104 valence electrons. The summed E-state index contributed by atoms with van der Waals surface area (Å²) in [4.78, 5) is 11.4. The maximum Gasteiger partial charge on any atom is 0.250 e. The second-order valence-corrected chi connectivity index (χ2v) is 5.58. The highest BCUT2D eigenvalue weighted by molar-refractivity contribution is 5.99. The lowest BCUT2D eigenvalue weighted by molar-refractivity contribution is 0.100. The number of nitrogen functional groups attached to an aromatic ring is 1. The van der Waals surface area contributed by atoms with E-state index in [4.69, 9.17) is 11.5 Å². The van der Waals surface area contributed by atoms with Gasteiger partial charge in [-0.25, -0.2) is 0 Å². The van der Waals surface area contributed by atoms with Crippen molar-refractivity contribution in [3.05, 3.63) is 23.8 Å². The van der Waals surface area contributed by atoms with E-state index in [0.29, 0.717) is 16.7 Å². The van der Waals surface area contributed by atoms with Gasteiger partial charge in [-0.05, 0) is 42.9 Å². The van der Waals surface area contributed by atoms with Crippen LogP contribution in [-0.2, 0) is 0 Å². The first kappa shape index (κ1) is 13.7. The maximum absolute atomic E-state index is 11.4. The third-order valence-electron chi connectivity index (χ3n) is 4.38. The maximum atomic E-state index is 11.4. The number of benzene rings is 1. The van der Waals surface area contributed by atoms with E-state index in [9.17, 15) is 4.79 Å². The molecule has 5 N–H and O–H groups in total. The second kappa shape index (κ2) is 5.51. The van der Waals surface area contributed by atoms with Gasteiger partial charge in [-0.3, -0.25) is 4.79 Å². The number of rotatable bonds is 5. The lowest BCUT2D eigenvalue weighted by atomic mass is 9.83. The minimum atomic E-state index is -0.417. The van der Waals surface area contributed by atoms with E-state index in [1.54, 1.807) is 18.2 Å². The Bertz CT molecular complexity index is 464. The van der Waals surface area contributed by atoms with Crippen molar-refractivity contribution in [1.29, 1.82) is 0 Å². The van der Waals surface area contributed by atoms with Crippen LogP contribution in [0.3, 0.4) is 0 Å². The predicted octanol–water partition coefficient (Wildman–Crippen LogP) is 2.75. The van der Waals surface area contributed by atoms with E-state index in [-0.39, 0.29) is 0 Å². The van der Waals surface area contributed by atoms with Crippen LogP contribution in [-0.4, -0.2) is 12.5 Å². The Morgan fingerprint density at radius 3 is 2.63 bits per heavy atom. The minimum absolute atomic E-state index is 0.361.